The molecule has 1 heterocycles. The van der Waals surface area contributed by atoms with Crippen LogP contribution in [-0.2, 0) is 6.42 Å². The zero-order valence-electron chi connectivity index (χ0n) is 13.1. The van der Waals surface area contributed by atoms with Crippen molar-refractivity contribution in [3.05, 3.63) is 59.1 Å². The molecule has 0 saturated heterocycles. The van der Waals surface area contributed by atoms with E-state index in [1.54, 1.807) is 6.20 Å². The fourth-order valence-electron chi connectivity index (χ4n) is 3.47. The fourth-order valence-corrected chi connectivity index (χ4v) is 3.47. The minimum atomic E-state index is -0.837. The highest BCUT2D eigenvalue weighted by Gasteiger charge is 2.28. The van der Waals surface area contributed by atoms with Gasteiger partial charge in [-0.3, -0.25) is 4.98 Å². The average molecular weight is 312 g/mol. The van der Waals surface area contributed by atoms with Gasteiger partial charge in [-0.25, -0.2) is 13.6 Å². The summed E-state index contributed by atoms with van der Waals surface area (Å²) in [5, 5.41) is 0. The van der Waals surface area contributed by atoms with Crippen LogP contribution in [-0.4, -0.2) is 4.98 Å². The van der Waals surface area contributed by atoms with Crippen molar-refractivity contribution in [1.29, 1.82) is 0 Å². The molecular weight excluding hydrogens is 294 g/mol. The summed E-state index contributed by atoms with van der Waals surface area (Å²) in [5.74, 6) is -1.67. The van der Waals surface area contributed by atoms with Gasteiger partial charge in [0, 0.05) is 11.8 Å². The molecule has 4 heteroatoms. The van der Waals surface area contributed by atoms with E-state index >= 15 is 0 Å². The smallest absolute Gasteiger partial charge is 0.256 e. The number of benzene rings is 1. The molecule has 0 aliphatic heterocycles. The predicted molar refractivity (Wildman–Crippen MR) is 86.1 cm³/mol. The van der Waals surface area contributed by atoms with Gasteiger partial charge in [0.1, 0.15) is 11.6 Å². The molecule has 1 aliphatic rings. The van der Waals surface area contributed by atoms with Gasteiger partial charge in [-0.1, -0.05) is 19.8 Å². The molecule has 0 radical (unpaired) electrons. The van der Waals surface area contributed by atoms with Gasteiger partial charge in [-0.15, -0.1) is 0 Å². The summed E-state index contributed by atoms with van der Waals surface area (Å²) in [6, 6.07) is 6.28. The minimum absolute atomic E-state index is 0.177. The van der Waals surface area contributed by atoms with Crippen molar-refractivity contribution in [2.45, 2.75) is 39.0 Å². The lowest BCUT2D eigenvalue weighted by molar-refractivity contribution is 0.334. The predicted octanol–water partition coefficient (Wildman–Crippen LogP) is 5.70. The van der Waals surface area contributed by atoms with Crippen LogP contribution in [0.2, 0.25) is 0 Å². The largest absolute Gasteiger partial charge is 0.257 e. The van der Waals surface area contributed by atoms with E-state index in [0.717, 1.165) is 18.1 Å². The molecule has 0 bridgehead atoms. The lowest BCUT2D eigenvalue weighted by atomic mass is 9.82. The Balaban J connectivity index is 1.96. The third kappa shape index (κ3) is 3.10. The first-order valence-electron chi connectivity index (χ1n) is 7.83. The summed E-state index contributed by atoms with van der Waals surface area (Å²) in [6.45, 7) is 9.21. The van der Waals surface area contributed by atoms with Crippen molar-refractivity contribution in [3.8, 4) is 11.3 Å². The van der Waals surface area contributed by atoms with E-state index in [1.165, 1.54) is 31.7 Å². The number of pyridine rings is 1. The number of rotatable bonds is 3. The van der Waals surface area contributed by atoms with Gasteiger partial charge >= 0.3 is 0 Å². The molecule has 0 amide bonds. The Morgan fingerprint density at radius 2 is 1.96 bits per heavy atom. The molecule has 2 aromatic rings. The quantitative estimate of drug-likeness (QED) is 0.664. The van der Waals surface area contributed by atoms with Crippen molar-refractivity contribution < 1.29 is 8.78 Å². The lowest BCUT2D eigenvalue weighted by Crippen LogP contribution is -2.14. The highest BCUT2D eigenvalue weighted by atomic mass is 19.1. The van der Waals surface area contributed by atoms with Gasteiger partial charge in [-0.05, 0) is 54.5 Å². The Kier molecular flexibility index (Phi) is 4.12. The summed E-state index contributed by atoms with van der Waals surface area (Å²) >= 11 is 0. The Morgan fingerprint density at radius 1 is 1.22 bits per heavy atom. The second-order valence-electron chi connectivity index (χ2n) is 6.61. The zero-order valence-corrected chi connectivity index (χ0v) is 13.1. The number of nitrogens with zero attached hydrogens (tertiary/aromatic N) is 2. The zero-order chi connectivity index (χ0) is 16.4. The first-order chi connectivity index (χ1) is 11.0. The van der Waals surface area contributed by atoms with Crippen LogP contribution in [0.1, 0.15) is 38.2 Å². The van der Waals surface area contributed by atoms with Crippen molar-refractivity contribution in [1.82, 2.24) is 4.98 Å². The van der Waals surface area contributed by atoms with Crippen molar-refractivity contribution in [3.63, 3.8) is 0 Å². The molecule has 1 aliphatic carbocycles. The van der Waals surface area contributed by atoms with Crippen LogP contribution < -0.4 is 0 Å². The topological polar surface area (TPSA) is 17.2 Å². The van der Waals surface area contributed by atoms with Crippen molar-refractivity contribution >= 4 is 5.69 Å². The monoisotopic (exact) mass is 312 g/mol. The molecule has 23 heavy (non-hydrogen) atoms. The van der Waals surface area contributed by atoms with Crippen LogP contribution in [0.4, 0.5) is 14.5 Å². The number of hydrogen-bond acceptors (Lipinski definition) is 1. The van der Waals surface area contributed by atoms with E-state index in [4.69, 9.17) is 6.57 Å². The first kappa shape index (κ1) is 15.6. The molecule has 3 rings (SSSR count). The summed E-state index contributed by atoms with van der Waals surface area (Å²) in [4.78, 5) is 7.15. The number of halogens is 2. The molecule has 1 fully saturated rings. The summed E-state index contributed by atoms with van der Waals surface area (Å²) in [7, 11) is 0. The third-order valence-corrected chi connectivity index (χ3v) is 4.72. The summed E-state index contributed by atoms with van der Waals surface area (Å²) < 4.78 is 27.8. The molecule has 0 atom stereocenters. The highest BCUT2D eigenvalue weighted by Crippen LogP contribution is 2.40. The van der Waals surface area contributed by atoms with E-state index in [-0.39, 0.29) is 5.56 Å². The molecule has 0 N–H and O–H groups in total. The lowest BCUT2D eigenvalue weighted by Gasteiger charge is -2.23. The van der Waals surface area contributed by atoms with Gasteiger partial charge in [-0.2, -0.15) is 0 Å². The van der Waals surface area contributed by atoms with Crippen LogP contribution in [0, 0.1) is 23.6 Å². The Labute approximate surface area is 135 Å². The molecule has 1 aromatic heterocycles. The maximum Gasteiger partial charge on any atom is 0.257 e. The van der Waals surface area contributed by atoms with E-state index < -0.39 is 17.3 Å². The molecular formula is C19H18F2N2. The van der Waals surface area contributed by atoms with Crippen LogP contribution in [0.3, 0.4) is 0 Å². The molecule has 0 unspecified atom stereocenters. The second-order valence-corrected chi connectivity index (χ2v) is 6.61. The van der Waals surface area contributed by atoms with Gasteiger partial charge in [0.25, 0.3) is 5.69 Å². The molecule has 118 valence electrons. The van der Waals surface area contributed by atoms with Crippen LogP contribution in [0.25, 0.3) is 16.1 Å². The van der Waals surface area contributed by atoms with Gasteiger partial charge < -0.3 is 0 Å². The molecule has 2 nitrogen and oxygen atoms in total. The van der Waals surface area contributed by atoms with Gasteiger partial charge in [0.05, 0.1) is 12.3 Å². The standard InChI is InChI=1S/C19H18F2N2/c1-19(8-3-4-9-19)12-13-7-10-23-16(11-13)14-5-6-15(20)18(22-2)17(14)21/h5-7,10-11H,3-4,8-9,12H2,1H3. The van der Waals surface area contributed by atoms with Crippen molar-refractivity contribution in [2.75, 3.05) is 0 Å². The van der Waals surface area contributed by atoms with E-state index in [0.29, 0.717) is 11.1 Å². The van der Waals surface area contributed by atoms with Gasteiger partial charge in [0.2, 0.25) is 0 Å². The molecule has 1 saturated carbocycles. The third-order valence-electron chi connectivity index (χ3n) is 4.72. The normalized spacial score (nSPS) is 16.3. The molecule has 0 spiro atoms. The summed E-state index contributed by atoms with van der Waals surface area (Å²) in [5.41, 5.74) is 1.45. The minimum Gasteiger partial charge on any atom is -0.256 e. The number of hydrogen-bond donors (Lipinski definition) is 0. The van der Waals surface area contributed by atoms with Gasteiger partial charge in [0.15, 0.2) is 0 Å². The Hall–Kier alpha value is -2.28. The van der Waals surface area contributed by atoms with Crippen LogP contribution in [0.5, 0.6) is 0 Å². The number of aromatic nitrogens is 1. The van der Waals surface area contributed by atoms with Crippen LogP contribution in [0.15, 0.2) is 30.5 Å². The first-order valence-corrected chi connectivity index (χ1v) is 7.83. The van der Waals surface area contributed by atoms with Crippen molar-refractivity contribution in [2.24, 2.45) is 5.41 Å². The highest BCUT2D eigenvalue weighted by molar-refractivity contribution is 5.67. The maximum atomic E-state index is 14.3. The van der Waals surface area contributed by atoms with E-state index in [2.05, 4.69) is 16.8 Å². The second kappa shape index (κ2) is 6.08. The Morgan fingerprint density at radius 3 is 2.65 bits per heavy atom. The van der Waals surface area contributed by atoms with Crippen LogP contribution >= 0.6 is 0 Å². The summed E-state index contributed by atoms with van der Waals surface area (Å²) in [6.07, 6.45) is 7.52. The maximum absolute atomic E-state index is 14.3. The SMILES string of the molecule is [C-]#[N+]c1c(F)ccc(-c2cc(CC3(C)CCCC3)ccn2)c1F. The fraction of sp³-hybridized carbons (Fsp3) is 0.368. The molecule has 1 aromatic carbocycles. The van der Waals surface area contributed by atoms with E-state index in [9.17, 15) is 8.78 Å². The van der Waals surface area contributed by atoms with E-state index in [1.807, 2.05) is 12.1 Å². The average Bonchev–Trinajstić information content (AvgIpc) is 2.94. The Bertz CT molecular complexity index is 771.